The molecule has 5 rings (SSSR count). The number of hydrogen-bond donors (Lipinski definition) is 1. The number of likely N-dealkylation sites (N-methyl/N-ethyl adjacent to an activating group) is 1. The third-order valence-corrected chi connectivity index (χ3v) is 6.68. The Hall–Kier alpha value is -5.20. The summed E-state index contributed by atoms with van der Waals surface area (Å²) in [6.45, 7) is -0.444. The normalized spacial score (nSPS) is 11.1. The monoisotopic (exact) mass is 564 g/mol. The number of ether oxygens (including phenoxy) is 3. The Kier molecular flexibility index (Phi) is 7.42. The molecule has 1 N–H and O–H groups in total. The number of aromatic amines is 1. The number of carbonyl (C=O) groups excluding carboxylic acids is 1. The number of fused-ring (bicyclic) bond motifs is 1. The van der Waals surface area contributed by atoms with Crippen molar-refractivity contribution in [2.45, 2.75) is 13.2 Å². The SMILES string of the molecule is COc1ccc(N(C)C(=O)Cn2c(=O)n(C)c3c(-c4cc(F)c(OCc5ncn[nH]5)c(OC)c4)cc(F)cc32)cc1. The summed E-state index contributed by atoms with van der Waals surface area (Å²) in [5.41, 5.74) is 1.01. The minimum absolute atomic E-state index is 0.0534. The van der Waals surface area contributed by atoms with E-state index in [4.69, 9.17) is 14.2 Å². The van der Waals surface area contributed by atoms with E-state index in [1.54, 1.807) is 31.3 Å². The first-order valence-electron chi connectivity index (χ1n) is 12.4. The van der Waals surface area contributed by atoms with Crippen LogP contribution in [-0.4, -0.2) is 51.5 Å². The van der Waals surface area contributed by atoms with E-state index in [0.29, 0.717) is 22.8 Å². The van der Waals surface area contributed by atoms with Gasteiger partial charge >= 0.3 is 5.69 Å². The van der Waals surface area contributed by atoms with Crippen molar-refractivity contribution in [3.63, 3.8) is 0 Å². The Labute approximate surface area is 232 Å². The minimum Gasteiger partial charge on any atom is -0.497 e. The number of anilines is 1. The zero-order valence-electron chi connectivity index (χ0n) is 22.6. The summed E-state index contributed by atoms with van der Waals surface area (Å²) < 4.78 is 48.8. The van der Waals surface area contributed by atoms with Crippen LogP contribution in [0.15, 0.2) is 59.7 Å². The maximum absolute atomic E-state index is 15.3. The van der Waals surface area contributed by atoms with Crippen LogP contribution in [0.2, 0.25) is 0 Å². The topological polar surface area (TPSA) is 117 Å². The summed E-state index contributed by atoms with van der Waals surface area (Å²) in [6, 6.07) is 11.9. The second-order valence-electron chi connectivity index (χ2n) is 9.11. The lowest BCUT2D eigenvalue weighted by molar-refractivity contribution is -0.118. The molecule has 3 aromatic carbocycles. The van der Waals surface area contributed by atoms with Gasteiger partial charge in [-0.05, 0) is 54.1 Å². The van der Waals surface area contributed by atoms with Crippen molar-refractivity contribution in [2.24, 2.45) is 7.05 Å². The summed E-state index contributed by atoms with van der Waals surface area (Å²) >= 11 is 0. The molecule has 0 saturated heterocycles. The van der Waals surface area contributed by atoms with E-state index < -0.39 is 23.2 Å². The van der Waals surface area contributed by atoms with Crippen molar-refractivity contribution >= 4 is 22.6 Å². The molecule has 1 amide bonds. The predicted octanol–water partition coefficient (Wildman–Crippen LogP) is 3.66. The van der Waals surface area contributed by atoms with Crippen molar-refractivity contribution in [1.29, 1.82) is 0 Å². The predicted molar refractivity (Wildman–Crippen MR) is 146 cm³/mol. The Morgan fingerprint density at radius 1 is 1.07 bits per heavy atom. The van der Waals surface area contributed by atoms with Gasteiger partial charge in [0.1, 0.15) is 31.0 Å². The maximum Gasteiger partial charge on any atom is 0.329 e. The molecule has 13 heteroatoms. The summed E-state index contributed by atoms with van der Waals surface area (Å²) in [7, 11) is 5.96. The van der Waals surface area contributed by atoms with Crippen molar-refractivity contribution in [2.75, 3.05) is 26.2 Å². The van der Waals surface area contributed by atoms with Crippen LogP contribution >= 0.6 is 0 Å². The first-order valence-corrected chi connectivity index (χ1v) is 12.4. The molecule has 0 unspecified atom stereocenters. The fourth-order valence-corrected chi connectivity index (χ4v) is 4.54. The van der Waals surface area contributed by atoms with Gasteiger partial charge in [-0.25, -0.2) is 18.6 Å². The number of aryl methyl sites for hydroxylation is 1. The zero-order valence-corrected chi connectivity index (χ0v) is 22.6. The Bertz CT molecular complexity index is 1780. The van der Waals surface area contributed by atoms with Crippen molar-refractivity contribution in [1.82, 2.24) is 24.3 Å². The highest BCUT2D eigenvalue weighted by molar-refractivity contribution is 5.96. The van der Waals surface area contributed by atoms with E-state index in [-0.39, 0.29) is 41.3 Å². The number of halogens is 2. The van der Waals surface area contributed by atoms with Gasteiger partial charge in [0.25, 0.3) is 0 Å². The third kappa shape index (κ3) is 5.21. The number of aromatic nitrogens is 5. The van der Waals surface area contributed by atoms with Crippen LogP contribution in [0.1, 0.15) is 5.82 Å². The molecule has 11 nitrogen and oxygen atoms in total. The molecule has 0 spiro atoms. The molecular formula is C28H26F2N6O5. The van der Waals surface area contributed by atoms with E-state index >= 15 is 4.39 Å². The molecule has 0 aliphatic carbocycles. The molecule has 0 fully saturated rings. The van der Waals surface area contributed by atoms with Gasteiger partial charge in [0.15, 0.2) is 23.1 Å². The van der Waals surface area contributed by atoms with Gasteiger partial charge in [-0.3, -0.25) is 19.0 Å². The van der Waals surface area contributed by atoms with E-state index in [0.717, 1.165) is 6.07 Å². The molecule has 41 heavy (non-hydrogen) atoms. The largest absolute Gasteiger partial charge is 0.497 e. The quantitative estimate of drug-likeness (QED) is 0.291. The van der Waals surface area contributed by atoms with Crippen molar-refractivity contribution in [3.05, 3.63) is 82.8 Å². The van der Waals surface area contributed by atoms with E-state index in [9.17, 15) is 14.0 Å². The van der Waals surface area contributed by atoms with Gasteiger partial charge in [0.2, 0.25) is 5.91 Å². The molecule has 5 aromatic rings. The smallest absolute Gasteiger partial charge is 0.329 e. The number of amides is 1. The Morgan fingerprint density at radius 2 is 1.83 bits per heavy atom. The maximum atomic E-state index is 15.3. The van der Waals surface area contributed by atoms with Crippen LogP contribution in [-0.2, 0) is 25.0 Å². The molecule has 0 radical (unpaired) electrons. The standard InChI is InChI=1S/C28H26F2N6O5/c1-34(18-5-7-19(39-3)8-6-18)25(37)13-36-22-12-17(29)11-20(26(22)35(2)28(36)38)16-9-21(30)27(23(10-16)40-4)41-14-24-31-15-32-33-24/h5-12,15H,13-14H2,1-4H3,(H,31,32,33). The van der Waals surface area contributed by atoms with Gasteiger partial charge in [0.05, 0.1) is 25.3 Å². The van der Waals surface area contributed by atoms with Gasteiger partial charge < -0.3 is 19.1 Å². The first kappa shape index (κ1) is 27.4. The number of methoxy groups -OCH3 is 2. The van der Waals surface area contributed by atoms with E-state index in [1.807, 2.05) is 0 Å². The molecule has 2 aromatic heterocycles. The molecule has 0 saturated carbocycles. The summed E-state index contributed by atoms with van der Waals surface area (Å²) in [5, 5.41) is 6.34. The highest BCUT2D eigenvalue weighted by Crippen LogP contribution is 2.38. The van der Waals surface area contributed by atoms with Crippen LogP contribution in [0.3, 0.4) is 0 Å². The fourth-order valence-electron chi connectivity index (χ4n) is 4.54. The molecular weight excluding hydrogens is 538 g/mol. The number of carbonyl (C=O) groups is 1. The van der Waals surface area contributed by atoms with Crippen LogP contribution < -0.4 is 24.8 Å². The number of H-pyrrole nitrogens is 1. The van der Waals surface area contributed by atoms with Crippen LogP contribution in [0, 0.1) is 11.6 Å². The Morgan fingerprint density at radius 3 is 2.49 bits per heavy atom. The third-order valence-electron chi connectivity index (χ3n) is 6.68. The average Bonchev–Trinajstić information content (AvgIpc) is 3.58. The van der Waals surface area contributed by atoms with Crippen LogP contribution in [0.5, 0.6) is 17.2 Å². The number of imidazole rings is 1. The van der Waals surface area contributed by atoms with Crippen LogP contribution in [0.25, 0.3) is 22.2 Å². The molecule has 0 atom stereocenters. The molecule has 0 aliphatic heterocycles. The molecule has 212 valence electrons. The number of nitrogens with zero attached hydrogens (tertiary/aromatic N) is 5. The lowest BCUT2D eigenvalue weighted by atomic mass is 10.0. The second-order valence-corrected chi connectivity index (χ2v) is 9.11. The zero-order chi connectivity index (χ0) is 29.3. The van der Waals surface area contributed by atoms with E-state index in [1.165, 1.54) is 59.8 Å². The summed E-state index contributed by atoms with van der Waals surface area (Å²) in [4.78, 5) is 31.8. The fraction of sp³-hybridized carbons (Fsp3) is 0.214. The molecule has 0 bridgehead atoms. The molecule has 0 aliphatic rings. The number of benzene rings is 3. The van der Waals surface area contributed by atoms with Gasteiger partial charge in [-0.2, -0.15) is 5.10 Å². The highest BCUT2D eigenvalue weighted by atomic mass is 19.1. The summed E-state index contributed by atoms with van der Waals surface area (Å²) in [6.07, 6.45) is 1.30. The summed E-state index contributed by atoms with van der Waals surface area (Å²) in [5.74, 6) is -0.950. The van der Waals surface area contributed by atoms with Crippen molar-refractivity contribution < 1.29 is 27.8 Å². The van der Waals surface area contributed by atoms with E-state index in [2.05, 4.69) is 15.2 Å². The van der Waals surface area contributed by atoms with Crippen molar-refractivity contribution in [3.8, 4) is 28.4 Å². The number of nitrogens with one attached hydrogen (secondary N) is 1. The van der Waals surface area contributed by atoms with Crippen LogP contribution in [0.4, 0.5) is 14.5 Å². The van der Waals surface area contributed by atoms with Gasteiger partial charge in [-0.1, -0.05) is 0 Å². The second kappa shape index (κ2) is 11.1. The Balaban J connectivity index is 1.53. The lowest BCUT2D eigenvalue weighted by Gasteiger charge is -2.18. The average molecular weight is 565 g/mol. The minimum atomic E-state index is -0.767. The van der Waals surface area contributed by atoms with Gasteiger partial charge in [0, 0.05) is 25.3 Å². The number of hydrogen-bond acceptors (Lipinski definition) is 7. The molecule has 2 heterocycles. The number of rotatable bonds is 9. The lowest BCUT2D eigenvalue weighted by Crippen LogP contribution is -2.34. The van der Waals surface area contributed by atoms with Gasteiger partial charge in [-0.15, -0.1) is 0 Å². The highest BCUT2D eigenvalue weighted by Gasteiger charge is 2.23. The first-order chi connectivity index (χ1) is 19.7.